The van der Waals surface area contributed by atoms with Gasteiger partial charge in [0.15, 0.2) is 17.4 Å². The van der Waals surface area contributed by atoms with E-state index in [2.05, 4.69) is 34.4 Å². The maximum atomic E-state index is 6.13. The maximum absolute atomic E-state index is 6.13. The lowest BCUT2D eigenvalue weighted by molar-refractivity contribution is -0.718. The molecule has 1 aromatic carbocycles. The van der Waals surface area contributed by atoms with Crippen LogP contribution in [-0.4, -0.2) is 16.6 Å². The number of para-hydroxylation sites is 1. The van der Waals surface area contributed by atoms with Crippen molar-refractivity contribution in [1.29, 1.82) is 0 Å². The van der Waals surface area contributed by atoms with E-state index in [0.29, 0.717) is 12.4 Å². The fourth-order valence-electron chi connectivity index (χ4n) is 3.09. The number of hydrogen-bond donors (Lipinski definition) is 2. The summed E-state index contributed by atoms with van der Waals surface area (Å²) in [7, 11) is 0. The van der Waals surface area contributed by atoms with Crippen molar-refractivity contribution in [1.82, 2.24) is 9.97 Å². The highest BCUT2D eigenvalue weighted by Crippen LogP contribution is 2.30. The third kappa shape index (κ3) is 1.41. The van der Waals surface area contributed by atoms with Crippen LogP contribution in [-0.2, 0) is 4.74 Å². The summed E-state index contributed by atoms with van der Waals surface area (Å²) in [6, 6.07) is 8.39. The Morgan fingerprint density at radius 3 is 3.00 bits per heavy atom. The Morgan fingerprint density at radius 2 is 2.15 bits per heavy atom. The minimum atomic E-state index is 0.0387. The number of hydrogen-bond acceptors (Lipinski definition) is 3. The fraction of sp³-hybridized carbons (Fsp3) is 0.333. The zero-order valence-corrected chi connectivity index (χ0v) is 11.6. The standard InChI is InChI=1S/C15H16N4O/c1-8-7-20-9(2)15-18-12-13(19(8)15)10-5-3-4-6-11(10)17-14(12)16/h3-6,8-9H,7H2,1-2H3,(H2,16,17)/p+1/t8-,9?/m0/s1. The number of nitrogen functional groups attached to an aromatic ring is 1. The molecular weight excluding hydrogens is 252 g/mol. The number of benzene rings is 1. The summed E-state index contributed by atoms with van der Waals surface area (Å²) in [5.74, 6) is 1.60. The predicted molar refractivity (Wildman–Crippen MR) is 77.3 cm³/mol. The minimum absolute atomic E-state index is 0.0387. The number of rotatable bonds is 0. The molecule has 5 nitrogen and oxygen atoms in total. The van der Waals surface area contributed by atoms with Gasteiger partial charge in [-0.25, -0.2) is 14.5 Å². The largest absolute Gasteiger partial charge is 0.380 e. The summed E-state index contributed by atoms with van der Waals surface area (Å²) in [4.78, 5) is 7.90. The Labute approximate surface area is 116 Å². The van der Waals surface area contributed by atoms with Gasteiger partial charge in [-0.15, -0.1) is 0 Å². The topological polar surface area (TPSA) is 67.8 Å². The van der Waals surface area contributed by atoms with E-state index >= 15 is 0 Å². The molecule has 0 spiro atoms. The summed E-state index contributed by atoms with van der Waals surface area (Å²) in [6.07, 6.45) is 0.0387. The number of pyridine rings is 1. The molecule has 2 atom stereocenters. The number of imidazole rings is 1. The number of nitrogens with one attached hydrogen (secondary N) is 1. The van der Waals surface area contributed by atoms with Crippen molar-refractivity contribution in [3.05, 3.63) is 30.1 Å². The molecule has 4 rings (SSSR count). The monoisotopic (exact) mass is 269 g/mol. The summed E-state index contributed by atoms with van der Waals surface area (Å²) < 4.78 is 8.09. The highest BCUT2D eigenvalue weighted by Gasteiger charge is 2.34. The number of ether oxygens (including phenoxy) is 1. The van der Waals surface area contributed by atoms with Crippen LogP contribution < -0.4 is 10.3 Å². The fourth-order valence-corrected chi connectivity index (χ4v) is 3.09. The Morgan fingerprint density at radius 1 is 1.35 bits per heavy atom. The van der Waals surface area contributed by atoms with Gasteiger partial charge < -0.3 is 10.5 Å². The van der Waals surface area contributed by atoms with Crippen LogP contribution >= 0.6 is 0 Å². The number of nitrogens with two attached hydrogens (primary N) is 1. The van der Waals surface area contributed by atoms with Crippen LogP contribution in [0.4, 0.5) is 5.82 Å². The first kappa shape index (κ1) is 11.7. The molecular formula is C15H17N4O+. The Bertz CT molecular complexity index is 823. The van der Waals surface area contributed by atoms with Gasteiger partial charge in [0.2, 0.25) is 5.52 Å². The van der Waals surface area contributed by atoms with Crippen LogP contribution in [0.25, 0.3) is 21.9 Å². The number of aromatic amines is 1. The molecule has 3 aromatic rings. The molecule has 1 aliphatic rings. The van der Waals surface area contributed by atoms with E-state index in [9.17, 15) is 0 Å². The first-order valence-electron chi connectivity index (χ1n) is 6.89. The first-order valence-corrected chi connectivity index (χ1v) is 6.89. The number of fused-ring (bicyclic) bond motifs is 5. The van der Waals surface area contributed by atoms with Crippen LogP contribution in [0.1, 0.15) is 31.8 Å². The van der Waals surface area contributed by atoms with Gasteiger partial charge in [-0.2, -0.15) is 0 Å². The zero-order chi connectivity index (χ0) is 13.9. The third-order valence-electron chi connectivity index (χ3n) is 4.06. The van der Waals surface area contributed by atoms with E-state index in [-0.39, 0.29) is 12.1 Å². The van der Waals surface area contributed by atoms with Gasteiger partial charge in [-0.05, 0) is 26.0 Å². The summed E-state index contributed by atoms with van der Waals surface area (Å²) >= 11 is 0. The van der Waals surface area contributed by atoms with E-state index in [1.807, 2.05) is 18.2 Å². The van der Waals surface area contributed by atoms with Gasteiger partial charge in [0, 0.05) is 0 Å². The van der Waals surface area contributed by atoms with Gasteiger partial charge in [0.05, 0.1) is 17.5 Å². The molecule has 2 aromatic heterocycles. The van der Waals surface area contributed by atoms with E-state index in [0.717, 1.165) is 27.8 Å². The van der Waals surface area contributed by atoms with Crippen molar-refractivity contribution in [2.24, 2.45) is 0 Å². The van der Waals surface area contributed by atoms with Crippen LogP contribution in [0.15, 0.2) is 24.3 Å². The smallest absolute Gasteiger partial charge is 0.284 e. The molecule has 0 aliphatic carbocycles. The Kier molecular flexibility index (Phi) is 2.29. The number of anilines is 1. The van der Waals surface area contributed by atoms with Crippen LogP contribution in [0.2, 0.25) is 0 Å². The minimum Gasteiger partial charge on any atom is -0.380 e. The molecule has 1 aliphatic heterocycles. The Hall–Kier alpha value is -2.14. The van der Waals surface area contributed by atoms with Crippen molar-refractivity contribution in [3.8, 4) is 0 Å². The number of nitrogens with zero attached hydrogens (tertiary/aromatic N) is 2. The normalized spacial score (nSPS) is 22.3. The lowest BCUT2D eigenvalue weighted by Crippen LogP contribution is -2.47. The third-order valence-corrected chi connectivity index (χ3v) is 4.06. The summed E-state index contributed by atoms with van der Waals surface area (Å²) in [5, 5.41) is 1.13. The molecule has 1 unspecified atom stereocenters. The van der Waals surface area contributed by atoms with Crippen molar-refractivity contribution in [3.63, 3.8) is 0 Å². The molecule has 0 radical (unpaired) electrons. The molecule has 5 heteroatoms. The molecule has 0 saturated heterocycles. The molecule has 0 bridgehead atoms. The number of H-pyrrole nitrogens is 1. The SMILES string of the molecule is CC1OC[C@H](C)[n+]2c1[nH]c1c(N)nc3ccccc3c12. The maximum Gasteiger partial charge on any atom is 0.284 e. The van der Waals surface area contributed by atoms with Crippen molar-refractivity contribution >= 4 is 27.8 Å². The average Bonchev–Trinajstić information content (AvgIpc) is 2.86. The van der Waals surface area contributed by atoms with Crippen molar-refractivity contribution in [2.45, 2.75) is 26.0 Å². The highest BCUT2D eigenvalue weighted by molar-refractivity contribution is 6.04. The quantitative estimate of drug-likeness (QED) is 0.615. The average molecular weight is 269 g/mol. The van der Waals surface area contributed by atoms with Crippen LogP contribution in [0, 0.1) is 0 Å². The van der Waals surface area contributed by atoms with Crippen molar-refractivity contribution < 1.29 is 9.30 Å². The van der Waals surface area contributed by atoms with Crippen molar-refractivity contribution in [2.75, 3.05) is 12.3 Å². The first-order chi connectivity index (χ1) is 9.66. The van der Waals surface area contributed by atoms with E-state index in [1.165, 1.54) is 0 Å². The Balaban J connectivity index is 2.23. The van der Waals surface area contributed by atoms with Crippen LogP contribution in [0.3, 0.4) is 0 Å². The molecule has 0 amide bonds. The zero-order valence-electron chi connectivity index (χ0n) is 11.6. The van der Waals surface area contributed by atoms with Gasteiger partial charge in [0.1, 0.15) is 6.04 Å². The van der Waals surface area contributed by atoms with E-state index in [4.69, 9.17) is 10.5 Å². The van der Waals surface area contributed by atoms with Gasteiger partial charge in [0.25, 0.3) is 5.82 Å². The summed E-state index contributed by atoms with van der Waals surface area (Å²) in [6.45, 7) is 4.93. The van der Waals surface area contributed by atoms with E-state index < -0.39 is 0 Å². The highest BCUT2D eigenvalue weighted by atomic mass is 16.5. The molecule has 3 N–H and O–H groups in total. The molecule has 0 fully saturated rings. The second-order valence-electron chi connectivity index (χ2n) is 5.44. The molecule has 20 heavy (non-hydrogen) atoms. The van der Waals surface area contributed by atoms with Gasteiger partial charge in [-0.3, -0.25) is 0 Å². The number of aromatic nitrogens is 3. The van der Waals surface area contributed by atoms with Gasteiger partial charge >= 0.3 is 0 Å². The second-order valence-corrected chi connectivity index (χ2v) is 5.44. The molecule has 3 heterocycles. The van der Waals surface area contributed by atoms with E-state index in [1.54, 1.807) is 0 Å². The lowest BCUT2D eigenvalue weighted by Gasteiger charge is -2.21. The van der Waals surface area contributed by atoms with Crippen LogP contribution in [0.5, 0.6) is 0 Å². The predicted octanol–water partition coefficient (Wildman–Crippen LogP) is 2.24. The molecule has 102 valence electrons. The molecule has 0 saturated carbocycles. The second kappa shape index (κ2) is 3.93. The van der Waals surface area contributed by atoms with Gasteiger partial charge in [-0.1, -0.05) is 12.1 Å². The lowest BCUT2D eigenvalue weighted by atomic mass is 10.1. The summed E-state index contributed by atoms with van der Waals surface area (Å²) in [5.41, 5.74) is 9.09.